The lowest BCUT2D eigenvalue weighted by Crippen LogP contribution is -2.51. The van der Waals surface area contributed by atoms with Gasteiger partial charge in [0.2, 0.25) is 0 Å². The van der Waals surface area contributed by atoms with E-state index in [1.165, 1.54) is 4.90 Å². The van der Waals surface area contributed by atoms with Gasteiger partial charge in [0.05, 0.1) is 0 Å². The summed E-state index contributed by atoms with van der Waals surface area (Å²) in [5.41, 5.74) is 0. The number of aliphatic carboxylic acids is 1. The van der Waals surface area contributed by atoms with Crippen LogP contribution in [0.2, 0.25) is 0 Å². The molecular weight excluding hydrogens is 258 g/mol. The standard InChI is InChI=1S/C14H25N3O3/c1-2-7-16-9-5-11(6-10-16)15-14(20)17-8-3-4-12(17)13(18)19/h11-12H,2-10H2,1H3,(H,15,20)(H,18,19)/t12-/m0/s1. The fourth-order valence-electron chi connectivity index (χ4n) is 3.14. The average Bonchev–Trinajstić information content (AvgIpc) is 2.91. The molecule has 2 N–H and O–H groups in total. The van der Waals surface area contributed by atoms with Crippen LogP contribution in [0.3, 0.4) is 0 Å². The molecule has 2 rings (SSSR count). The SMILES string of the molecule is CCCN1CCC(NC(=O)N2CCC[C@H]2C(=O)O)CC1. The highest BCUT2D eigenvalue weighted by Gasteiger charge is 2.34. The summed E-state index contributed by atoms with van der Waals surface area (Å²) in [4.78, 5) is 27.2. The highest BCUT2D eigenvalue weighted by Crippen LogP contribution is 2.18. The smallest absolute Gasteiger partial charge is 0.326 e. The number of amides is 2. The van der Waals surface area contributed by atoms with Gasteiger partial charge in [-0.3, -0.25) is 0 Å². The summed E-state index contributed by atoms with van der Waals surface area (Å²) in [6, 6.07) is -0.662. The lowest BCUT2D eigenvalue weighted by Gasteiger charge is -2.33. The van der Waals surface area contributed by atoms with Gasteiger partial charge in [-0.2, -0.15) is 0 Å². The summed E-state index contributed by atoms with van der Waals surface area (Å²) in [7, 11) is 0. The molecule has 2 amide bonds. The van der Waals surface area contributed by atoms with Gasteiger partial charge >= 0.3 is 12.0 Å². The van der Waals surface area contributed by atoms with Gasteiger partial charge in [-0.05, 0) is 38.6 Å². The van der Waals surface area contributed by atoms with Crippen LogP contribution in [0.5, 0.6) is 0 Å². The van der Waals surface area contributed by atoms with Gasteiger partial charge < -0.3 is 20.2 Å². The van der Waals surface area contributed by atoms with Gasteiger partial charge in [-0.25, -0.2) is 9.59 Å². The van der Waals surface area contributed by atoms with Crippen LogP contribution in [0.4, 0.5) is 4.79 Å². The Morgan fingerprint density at radius 1 is 1.20 bits per heavy atom. The Bertz CT molecular complexity index is 354. The van der Waals surface area contributed by atoms with E-state index in [2.05, 4.69) is 17.1 Å². The van der Waals surface area contributed by atoms with Gasteiger partial charge in [0.15, 0.2) is 0 Å². The molecular formula is C14H25N3O3. The van der Waals surface area contributed by atoms with Gasteiger partial charge in [0.1, 0.15) is 6.04 Å². The molecule has 1 atom stereocenters. The van der Waals surface area contributed by atoms with Gasteiger partial charge in [0.25, 0.3) is 0 Å². The van der Waals surface area contributed by atoms with Crippen molar-refractivity contribution in [2.45, 2.75) is 51.1 Å². The molecule has 2 saturated heterocycles. The van der Waals surface area contributed by atoms with Crippen molar-refractivity contribution in [1.82, 2.24) is 15.1 Å². The van der Waals surface area contributed by atoms with Crippen LogP contribution in [0, 0.1) is 0 Å². The number of piperidine rings is 1. The van der Waals surface area contributed by atoms with E-state index in [0.29, 0.717) is 13.0 Å². The zero-order valence-corrected chi connectivity index (χ0v) is 12.2. The Labute approximate surface area is 120 Å². The van der Waals surface area contributed by atoms with Crippen LogP contribution in [0.25, 0.3) is 0 Å². The molecule has 114 valence electrons. The number of nitrogens with one attached hydrogen (secondary N) is 1. The van der Waals surface area contributed by atoms with E-state index >= 15 is 0 Å². The van der Waals surface area contributed by atoms with Crippen molar-refractivity contribution in [1.29, 1.82) is 0 Å². The number of carboxylic acid groups (broad SMARTS) is 1. The molecule has 0 aliphatic carbocycles. The number of hydrogen-bond donors (Lipinski definition) is 2. The minimum atomic E-state index is -0.893. The first-order valence-corrected chi connectivity index (χ1v) is 7.64. The lowest BCUT2D eigenvalue weighted by atomic mass is 10.1. The number of carbonyl (C=O) groups excluding carboxylic acids is 1. The van der Waals surface area contributed by atoms with E-state index in [-0.39, 0.29) is 12.1 Å². The third-order valence-electron chi connectivity index (χ3n) is 4.25. The number of urea groups is 1. The van der Waals surface area contributed by atoms with Crippen molar-refractivity contribution in [3.63, 3.8) is 0 Å². The van der Waals surface area contributed by atoms with Gasteiger partial charge in [0, 0.05) is 25.7 Å². The fraction of sp³-hybridized carbons (Fsp3) is 0.857. The van der Waals surface area contributed by atoms with E-state index in [0.717, 1.165) is 45.3 Å². The second-order valence-electron chi connectivity index (χ2n) is 5.76. The zero-order valence-electron chi connectivity index (χ0n) is 12.2. The molecule has 0 spiro atoms. The number of carboxylic acids is 1. The van der Waals surface area contributed by atoms with Gasteiger partial charge in [-0.15, -0.1) is 0 Å². The predicted molar refractivity (Wildman–Crippen MR) is 75.6 cm³/mol. The Kier molecular flexibility index (Phi) is 5.23. The lowest BCUT2D eigenvalue weighted by molar-refractivity contribution is -0.141. The first-order chi connectivity index (χ1) is 9.61. The zero-order chi connectivity index (χ0) is 14.5. The predicted octanol–water partition coefficient (Wildman–Crippen LogP) is 1.12. The second kappa shape index (κ2) is 6.92. The first kappa shape index (κ1) is 15.1. The van der Waals surface area contributed by atoms with Crippen LogP contribution < -0.4 is 5.32 Å². The Morgan fingerprint density at radius 2 is 1.90 bits per heavy atom. The average molecular weight is 283 g/mol. The normalized spacial score (nSPS) is 24.9. The van der Waals surface area contributed by atoms with E-state index in [1.54, 1.807) is 0 Å². The van der Waals surface area contributed by atoms with Crippen LogP contribution >= 0.6 is 0 Å². The molecule has 6 nitrogen and oxygen atoms in total. The minimum Gasteiger partial charge on any atom is -0.480 e. The fourth-order valence-corrected chi connectivity index (χ4v) is 3.14. The second-order valence-corrected chi connectivity index (χ2v) is 5.76. The summed E-state index contributed by atoms with van der Waals surface area (Å²) < 4.78 is 0. The highest BCUT2D eigenvalue weighted by atomic mass is 16.4. The summed E-state index contributed by atoms with van der Waals surface area (Å²) in [5, 5.41) is 12.1. The summed E-state index contributed by atoms with van der Waals surface area (Å²) in [5.74, 6) is -0.893. The number of carbonyl (C=O) groups is 2. The minimum absolute atomic E-state index is 0.186. The van der Waals surface area contributed by atoms with E-state index in [9.17, 15) is 9.59 Å². The van der Waals surface area contributed by atoms with E-state index in [1.807, 2.05) is 0 Å². The molecule has 0 aromatic rings. The molecule has 0 aromatic carbocycles. The highest BCUT2D eigenvalue weighted by molar-refractivity contribution is 5.83. The van der Waals surface area contributed by atoms with Crippen molar-refractivity contribution in [3.05, 3.63) is 0 Å². The maximum absolute atomic E-state index is 12.2. The summed E-state index contributed by atoms with van der Waals surface area (Å²) >= 11 is 0. The molecule has 6 heteroatoms. The number of hydrogen-bond acceptors (Lipinski definition) is 3. The molecule has 2 heterocycles. The Morgan fingerprint density at radius 3 is 2.50 bits per heavy atom. The van der Waals surface area contributed by atoms with E-state index < -0.39 is 12.0 Å². The largest absolute Gasteiger partial charge is 0.480 e. The van der Waals surface area contributed by atoms with Crippen LogP contribution in [0.15, 0.2) is 0 Å². The van der Waals surface area contributed by atoms with Crippen molar-refractivity contribution >= 4 is 12.0 Å². The molecule has 20 heavy (non-hydrogen) atoms. The molecule has 2 aliphatic heterocycles. The monoisotopic (exact) mass is 283 g/mol. The van der Waals surface area contributed by atoms with Gasteiger partial charge in [-0.1, -0.05) is 6.92 Å². The molecule has 0 radical (unpaired) electrons. The quantitative estimate of drug-likeness (QED) is 0.811. The summed E-state index contributed by atoms with van der Waals surface area (Å²) in [6.45, 7) is 5.88. The molecule has 0 unspecified atom stereocenters. The number of likely N-dealkylation sites (tertiary alicyclic amines) is 2. The molecule has 0 aromatic heterocycles. The van der Waals surface area contributed by atoms with Crippen molar-refractivity contribution < 1.29 is 14.7 Å². The topological polar surface area (TPSA) is 72.9 Å². The van der Waals surface area contributed by atoms with Crippen LogP contribution in [-0.2, 0) is 4.79 Å². The molecule has 2 fully saturated rings. The third kappa shape index (κ3) is 3.62. The van der Waals surface area contributed by atoms with Crippen molar-refractivity contribution in [2.24, 2.45) is 0 Å². The van der Waals surface area contributed by atoms with Crippen molar-refractivity contribution in [2.75, 3.05) is 26.2 Å². The van der Waals surface area contributed by atoms with Crippen molar-refractivity contribution in [3.8, 4) is 0 Å². The van der Waals surface area contributed by atoms with E-state index in [4.69, 9.17) is 5.11 Å². The third-order valence-corrected chi connectivity index (χ3v) is 4.25. The number of nitrogens with zero attached hydrogens (tertiary/aromatic N) is 2. The first-order valence-electron chi connectivity index (χ1n) is 7.64. The molecule has 2 aliphatic rings. The maximum atomic E-state index is 12.2. The molecule has 0 saturated carbocycles. The maximum Gasteiger partial charge on any atom is 0.326 e. The number of rotatable bonds is 4. The summed E-state index contributed by atoms with van der Waals surface area (Å²) in [6.07, 6.45) is 4.41. The molecule has 0 bridgehead atoms. The Hall–Kier alpha value is -1.30. The van der Waals surface area contributed by atoms with Crippen LogP contribution in [0.1, 0.15) is 39.0 Å². The Balaban J connectivity index is 1.79. The van der Waals surface area contributed by atoms with Crippen LogP contribution in [-0.4, -0.2) is 65.2 Å².